The normalized spacial score (nSPS) is 14.6. The van der Waals surface area contributed by atoms with Crippen molar-refractivity contribution in [2.24, 2.45) is 5.92 Å². The van der Waals surface area contributed by atoms with Gasteiger partial charge in [-0.15, -0.1) is 11.3 Å². The largest absolute Gasteiger partial charge is 0.495 e. The molecule has 0 bridgehead atoms. The zero-order valence-electron chi connectivity index (χ0n) is 17.7. The van der Waals surface area contributed by atoms with Gasteiger partial charge in [0.2, 0.25) is 5.91 Å². The number of thiophene rings is 1. The summed E-state index contributed by atoms with van der Waals surface area (Å²) in [5, 5.41) is 3.44. The number of ether oxygens (including phenoxy) is 1. The van der Waals surface area contributed by atoms with E-state index in [1.54, 1.807) is 18.9 Å². The first-order valence-electron chi connectivity index (χ1n) is 10.1. The van der Waals surface area contributed by atoms with Crippen molar-refractivity contribution < 1.29 is 14.3 Å². The van der Waals surface area contributed by atoms with Gasteiger partial charge in [-0.25, -0.2) is 4.98 Å². The van der Waals surface area contributed by atoms with E-state index >= 15 is 0 Å². The number of nitrogens with one attached hydrogen (secondary N) is 2. The van der Waals surface area contributed by atoms with Crippen LogP contribution in [-0.4, -0.2) is 46.9 Å². The van der Waals surface area contributed by atoms with Crippen molar-refractivity contribution in [1.82, 2.24) is 14.9 Å². The Morgan fingerprint density at radius 3 is 2.68 bits per heavy atom. The fraction of sp³-hybridized carbons (Fsp3) is 0.364. The van der Waals surface area contributed by atoms with Crippen LogP contribution in [0.4, 0.5) is 5.69 Å². The fourth-order valence-corrected chi connectivity index (χ4v) is 5.04. The number of carbonyl (C=O) groups excluding carboxylic acids is 2. The second-order valence-electron chi connectivity index (χ2n) is 7.73. The van der Waals surface area contributed by atoms with E-state index in [9.17, 15) is 14.4 Å². The zero-order valence-corrected chi connectivity index (χ0v) is 18.5. The number of nitrogens with zero attached hydrogens (tertiary/aromatic N) is 2. The number of methoxy groups -OCH3 is 1. The van der Waals surface area contributed by atoms with Crippen LogP contribution in [0.15, 0.2) is 29.3 Å². The van der Waals surface area contributed by atoms with E-state index in [4.69, 9.17) is 4.74 Å². The molecule has 4 rings (SSSR count). The van der Waals surface area contributed by atoms with Gasteiger partial charge in [0.25, 0.3) is 11.5 Å². The minimum absolute atomic E-state index is 0.0650. The van der Waals surface area contributed by atoms with Crippen molar-refractivity contribution in [2.75, 3.05) is 25.5 Å². The third-order valence-electron chi connectivity index (χ3n) is 5.69. The number of fused-ring (bicyclic) bond motifs is 1. The van der Waals surface area contributed by atoms with Crippen LogP contribution in [0.3, 0.4) is 0 Å². The molecule has 2 amide bonds. The molecule has 2 N–H and O–H groups in total. The Labute approximate surface area is 183 Å². The van der Waals surface area contributed by atoms with E-state index in [2.05, 4.69) is 15.3 Å². The molecule has 0 spiro atoms. The number of H-pyrrole nitrogens is 1. The first-order chi connectivity index (χ1) is 14.9. The quantitative estimate of drug-likeness (QED) is 0.649. The summed E-state index contributed by atoms with van der Waals surface area (Å²) < 4.78 is 5.33. The fourth-order valence-electron chi connectivity index (χ4n) is 3.92. The van der Waals surface area contributed by atoms with Crippen LogP contribution in [-0.2, 0) is 4.79 Å². The number of likely N-dealkylation sites (tertiary alicyclic amines) is 1. The monoisotopic (exact) mass is 440 g/mol. The van der Waals surface area contributed by atoms with Gasteiger partial charge in [0, 0.05) is 19.0 Å². The van der Waals surface area contributed by atoms with Gasteiger partial charge < -0.3 is 19.9 Å². The highest BCUT2D eigenvalue weighted by Gasteiger charge is 2.30. The summed E-state index contributed by atoms with van der Waals surface area (Å²) in [5.41, 5.74) is 2.11. The van der Waals surface area contributed by atoms with Crippen molar-refractivity contribution in [1.29, 1.82) is 0 Å². The van der Waals surface area contributed by atoms with E-state index in [1.807, 2.05) is 25.1 Å². The van der Waals surface area contributed by atoms with Gasteiger partial charge in [-0.1, -0.05) is 6.07 Å². The number of hydrogen-bond donors (Lipinski definition) is 2. The van der Waals surface area contributed by atoms with Crippen LogP contribution in [0.2, 0.25) is 0 Å². The molecule has 31 heavy (non-hydrogen) atoms. The summed E-state index contributed by atoms with van der Waals surface area (Å²) in [7, 11) is 1.57. The van der Waals surface area contributed by atoms with E-state index in [-0.39, 0.29) is 23.3 Å². The molecular formula is C22H24N4O4S. The summed E-state index contributed by atoms with van der Waals surface area (Å²) in [6.07, 6.45) is 2.51. The lowest BCUT2D eigenvalue weighted by Crippen LogP contribution is -2.41. The Morgan fingerprint density at radius 2 is 2.00 bits per heavy atom. The maximum atomic E-state index is 13.1. The second-order valence-corrected chi connectivity index (χ2v) is 8.73. The minimum Gasteiger partial charge on any atom is -0.495 e. The number of hydrogen-bond acceptors (Lipinski definition) is 6. The van der Waals surface area contributed by atoms with Gasteiger partial charge in [-0.05, 0) is 49.9 Å². The minimum atomic E-state index is -0.236. The molecule has 0 saturated carbocycles. The van der Waals surface area contributed by atoms with Gasteiger partial charge >= 0.3 is 0 Å². The third kappa shape index (κ3) is 4.05. The molecule has 3 heterocycles. The highest BCUT2D eigenvalue weighted by molar-refractivity contribution is 7.20. The van der Waals surface area contributed by atoms with Crippen LogP contribution >= 0.6 is 11.3 Å². The van der Waals surface area contributed by atoms with Crippen LogP contribution in [0, 0.1) is 19.8 Å². The highest BCUT2D eigenvalue weighted by atomic mass is 32.1. The van der Waals surface area contributed by atoms with E-state index in [0.717, 1.165) is 5.56 Å². The number of anilines is 1. The zero-order chi connectivity index (χ0) is 22.1. The summed E-state index contributed by atoms with van der Waals surface area (Å²) in [6, 6.07) is 5.65. The number of benzene rings is 1. The topological polar surface area (TPSA) is 104 Å². The van der Waals surface area contributed by atoms with Crippen molar-refractivity contribution in [3.05, 3.63) is 50.9 Å². The van der Waals surface area contributed by atoms with Gasteiger partial charge in [-0.2, -0.15) is 0 Å². The van der Waals surface area contributed by atoms with Crippen molar-refractivity contribution in [3.63, 3.8) is 0 Å². The number of piperidine rings is 1. The molecule has 0 atom stereocenters. The molecule has 9 heteroatoms. The van der Waals surface area contributed by atoms with E-state index < -0.39 is 0 Å². The van der Waals surface area contributed by atoms with Crippen LogP contribution in [0.25, 0.3) is 10.2 Å². The second kappa shape index (κ2) is 8.50. The molecule has 1 fully saturated rings. The Bertz CT molecular complexity index is 1210. The highest BCUT2D eigenvalue weighted by Crippen LogP contribution is 2.30. The Hall–Kier alpha value is -3.20. The lowest BCUT2D eigenvalue weighted by molar-refractivity contribution is -0.121. The van der Waals surface area contributed by atoms with Crippen LogP contribution in [0.5, 0.6) is 5.75 Å². The van der Waals surface area contributed by atoms with Gasteiger partial charge in [0.05, 0.1) is 29.4 Å². The molecular weight excluding hydrogens is 416 g/mol. The number of aromatic amines is 1. The SMILES string of the molecule is COc1ccc(C)cc1NC(=O)C1CCN(C(=O)c2sc3nc[nH]c(=O)c3c2C)CC1. The summed E-state index contributed by atoms with van der Waals surface area (Å²) in [6.45, 7) is 4.70. The summed E-state index contributed by atoms with van der Waals surface area (Å²) >= 11 is 1.24. The molecule has 1 saturated heterocycles. The third-order valence-corrected chi connectivity index (χ3v) is 6.88. The Morgan fingerprint density at radius 1 is 1.26 bits per heavy atom. The van der Waals surface area contributed by atoms with Gasteiger partial charge in [-0.3, -0.25) is 14.4 Å². The van der Waals surface area contributed by atoms with Crippen molar-refractivity contribution >= 4 is 39.1 Å². The molecule has 1 aliphatic rings. The number of aryl methyl sites for hydroxylation is 2. The summed E-state index contributed by atoms with van der Waals surface area (Å²) in [4.78, 5) is 47.5. The van der Waals surface area contributed by atoms with Crippen LogP contribution < -0.4 is 15.6 Å². The lowest BCUT2D eigenvalue weighted by atomic mass is 9.95. The number of carbonyl (C=O) groups is 2. The maximum absolute atomic E-state index is 13.1. The number of amides is 2. The Kier molecular flexibility index (Phi) is 5.77. The molecule has 162 valence electrons. The molecule has 8 nitrogen and oxygen atoms in total. The first-order valence-corrected chi connectivity index (χ1v) is 10.9. The molecule has 0 unspecified atom stereocenters. The average molecular weight is 441 g/mol. The number of aromatic nitrogens is 2. The van der Waals surface area contributed by atoms with Crippen molar-refractivity contribution in [2.45, 2.75) is 26.7 Å². The van der Waals surface area contributed by atoms with Gasteiger partial charge in [0.1, 0.15) is 10.6 Å². The smallest absolute Gasteiger partial charge is 0.264 e. The molecule has 3 aromatic rings. The number of rotatable bonds is 4. The molecule has 2 aromatic heterocycles. The lowest BCUT2D eigenvalue weighted by Gasteiger charge is -2.31. The average Bonchev–Trinajstić information content (AvgIpc) is 3.11. The first kappa shape index (κ1) is 21.0. The van der Waals surface area contributed by atoms with Crippen molar-refractivity contribution in [3.8, 4) is 5.75 Å². The Balaban J connectivity index is 1.43. The maximum Gasteiger partial charge on any atom is 0.264 e. The molecule has 0 aliphatic carbocycles. The molecule has 0 radical (unpaired) electrons. The van der Waals surface area contributed by atoms with E-state index in [0.29, 0.717) is 58.0 Å². The predicted molar refractivity (Wildman–Crippen MR) is 120 cm³/mol. The standard InChI is InChI=1S/C22H24N4O4S/c1-12-4-5-16(30-3)15(10-12)25-19(27)14-6-8-26(9-7-14)22(29)18-13(2)17-20(28)23-11-24-21(17)31-18/h4-5,10-11,14H,6-9H2,1-3H3,(H,25,27)(H,23,24,28). The van der Waals surface area contributed by atoms with Gasteiger partial charge in [0.15, 0.2) is 0 Å². The summed E-state index contributed by atoms with van der Waals surface area (Å²) in [5.74, 6) is 0.265. The predicted octanol–water partition coefficient (Wildman–Crippen LogP) is 3.10. The van der Waals surface area contributed by atoms with E-state index in [1.165, 1.54) is 17.7 Å². The van der Waals surface area contributed by atoms with Crippen LogP contribution in [0.1, 0.15) is 33.6 Å². The molecule has 1 aliphatic heterocycles. The molecule has 1 aromatic carbocycles.